The van der Waals surface area contributed by atoms with Gasteiger partial charge in [0, 0.05) is 43.0 Å². The maximum absolute atomic E-state index is 5.86. The van der Waals surface area contributed by atoms with Crippen LogP contribution in [0, 0.1) is 6.92 Å². The lowest BCUT2D eigenvalue weighted by molar-refractivity contribution is 0.206. The normalized spacial score (nSPS) is 21.1. The van der Waals surface area contributed by atoms with Crippen molar-refractivity contribution in [3.63, 3.8) is 0 Å². The van der Waals surface area contributed by atoms with Crippen molar-refractivity contribution in [1.82, 2.24) is 19.9 Å². The Morgan fingerprint density at radius 1 is 1.09 bits per heavy atom. The van der Waals surface area contributed by atoms with Gasteiger partial charge in [0.25, 0.3) is 0 Å². The number of nitrogens with zero attached hydrogens (tertiary/aromatic N) is 5. The van der Waals surface area contributed by atoms with E-state index in [1.165, 1.54) is 18.5 Å². The maximum atomic E-state index is 5.86. The van der Waals surface area contributed by atoms with Gasteiger partial charge in [0.2, 0.25) is 0 Å². The lowest BCUT2D eigenvalue weighted by Gasteiger charge is -2.17. The topological polar surface area (TPSA) is 64.0 Å². The lowest BCUT2D eigenvalue weighted by Crippen LogP contribution is -2.25. The zero-order chi connectivity index (χ0) is 14.9. The second kappa shape index (κ2) is 5.51. The van der Waals surface area contributed by atoms with E-state index in [1.54, 1.807) is 18.7 Å². The lowest BCUT2D eigenvalue weighted by atomic mass is 10.3. The number of hydrogen-bond acceptors (Lipinski definition) is 6. The Hall–Kier alpha value is -2.24. The predicted molar refractivity (Wildman–Crippen MR) is 82.0 cm³/mol. The Morgan fingerprint density at radius 3 is 2.68 bits per heavy atom. The largest absolute Gasteiger partial charge is 0.458 e. The number of aromatic nitrogens is 4. The van der Waals surface area contributed by atoms with Gasteiger partial charge in [-0.05, 0) is 25.3 Å². The van der Waals surface area contributed by atoms with E-state index < -0.39 is 0 Å². The standard InChI is InChI=1S/C16H19N5O/c1-11-7-17-16(18-8-11)22-13-4-5-21(9-13)15-6-14(12-2-3-12)19-10-20-15/h6-8,10,12-13H,2-5,9H2,1H3. The summed E-state index contributed by atoms with van der Waals surface area (Å²) in [5, 5.41) is 0. The van der Waals surface area contributed by atoms with Crippen molar-refractivity contribution in [1.29, 1.82) is 0 Å². The first-order chi connectivity index (χ1) is 10.8. The zero-order valence-electron chi connectivity index (χ0n) is 12.6. The molecule has 0 N–H and O–H groups in total. The van der Waals surface area contributed by atoms with Crippen molar-refractivity contribution in [3.8, 4) is 6.01 Å². The summed E-state index contributed by atoms with van der Waals surface area (Å²) in [6.45, 7) is 3.73. The minimum atomic E-state index is 0.113. The first-order valence-electron chi connectivity index (χ1n) is 7.80. The van der Waals surface area contributed by atoms with Crippen LogP contribution in [0.3, 0.4) is 0 Å². The quantitative estimate of drug-likeness (QED) is 0.861. The smallest absolute Gasteiger partial charge is 0.316 e. The second-order valence-corrected chi connectivity index (χ2v) is 6.09. The van der Waals surface area contributed by atoms with Gasteiger partial charge in [0.05, 0.1) is 6.54 Å². The molecule has 1 saturated heterocycles. The van der Waals surface area contributed by atoms with Crippen LogP contribution in [0.15, 0.2) is 24.8 Å². The summed E-state index contributed by atoms with van der Waals surface area (Å²) < 4.78 is 5.86. The molecule has 2 aromatic heterocycles. The van der Waals surface area contributed by atoms with Gasteiger partial charge in [0.15, 0.2) is 0 Å². The molecule has 3 heterocycles. The Balaban J connectivity index is 1.41. The van der Waals surface area contributed by atoms with Crippen LogP contribution in [0.2, 0.25) is 0 Å². The highest BCUT2D eigenvalue weighted by Crippen LogP contribution is 2.39. The molecule has 0 amide bonds. The first kappa shape index (κ1) is 13.4. The summed E-state index contributed by atoms with van der Waals surface area (Å²) in [6.07, 6.45) is 8.82. The van der Waals surface area contributed by atoms with Crippen molar-refractivity contribution in [3.05, 3.63) is 36.0 Å². The van der Waals surface area contributed by atoms with E-state index in [4.69, 9.17) is 4.74 Å². The van der Waals surface area contributed by atoms with Crippen LogP contribution < -0.4 is 9.64 Å². The molecule has 1 atom stereocenters. The van der Waals surface area contributed by atoms with E-state index in [1.807, 2.05) is 6.92 Å². The fourth-order valence-electron chi connectivity index (χ4n) is 2.76. The van der Waals surface area contributed by atoms with E-state index in [-0.39, 0.29) is 6.10 Å². The highest BCUT2D eigenvalue weighted by atomic mass is 16.5. The van der Waals surface area contributed by atoms with Crippen LogP contribution in [0.4, 0.5) is 5.82 Å². The number of ether oxygens (including phenoxy) is 1. The summed E-state index contributed by atoms with van der Waals surface area (Å²) in [4.78, 5) is 19.5. The van der Waals surface area contributed by atoms with E-state index in [2.05, 4.69) is 30.9 Å². The van der Waals surface area contributed by atoms with Crippen LogP contribution in [-0.4, -0.2) is 39.1 Å². The molecule has 1 saturated carbocycles. The highest BCUT2D eigenvalue weighted by molar-refractivity contribution is 5.41. The molecule has 1 aliphatic heterocycles. The molecular weight excluding hydrogens is 278 g/mol. The monoisotopic (exact) mass is 297 g/mol. The minimum absolute atomic E-state index is 0.113. The Labute approximate surface area is 129 Å². The van der Waals surface area contributed by atoms with Gasteiger partial charge in [-0.1, -0.05) is 0 Å². The van der Waals surface area contributed by atoms with Gasteiger partial charge >= 0.3 is 6.01 Å². The van der Waals surface area contributed by atoms with E-state index in [9.17, 15) is 0 Å². The van der Waals surface area contributed by atoms with Crippen molar-refractivity contribution in [2.75, 3.05) is 18.0 Å². The average molecular weight is 297 g/mol. The average Bonchev–Trinajstić information content (AvgIpc) is 3.30. The molecule has 0 aromatic carbocycles. The van der Waals surface area contributed by atoms with Crippen LogP contribution in [-0.2, 0) is 0 Å². The summed E-state index contributed by atoms with van der Waals surface area (Å²) >= 11 is 0. The van der Waals surface area contributed by atoms with E-state index >= 15 is 0 Å². The van der Waals surface area contributed by atoms with Crippen LogP contribution >= 0.6 is 0 Å². The summed E-state index contributed by atoms with van der Waals surface area (Å²) in [5.74, 6) is 1.66. The third-order valence-corrected chi connectivity index (χ3v) is 4.17. The van der Waals surface area contributed by atoms with Gasteiger partial charge in [0.1, 0.15) is 18.2 Å². The Bertz CT molecular complexity index is 656. The first-order valence-corrected chi connectivity index (χ1v) is 7.80. The molecular formula is C16H19N5O. The Kier molecular flexibility index (Phi) is 3.36. The van der Waals surface area contributed by atoms with Gasteiger partial charge in [-0.15, -0.1) is 0 Å². The number of anilines is 1. The van der Waals surface area contributed by atoms with Gasteiger partial charge in [-0.25, -0.2) is 19.9 Å². The molecule has 22 heavy (non-hydrogen) atoms. The molecule has 0 radical (unpaired) electrons. The third-order valence-electron chi connectivity index (χ3n) is 4.17. The predicted octanol–water partition coefficient (Wildman–Crippen LogP) is 2.11. The molecule has 1 unspecified atom stereocenters. The molecule has 114 valence electrons. The van der Waals surface area contributed by atoms with Gasteiger partial charge in [-0.3, -0.25) is 0 Å². The number of aryl methyl sites for hydroxylation is 1. The highest BCUT2D eigenvalue weighted by Gasteiger charge is 2.29. The number of hydrogen-bond donors (Lipinski definition) is 0. The molecule has 0 bridgehead atoms. The molecule has 1 aliphatic carbocycles. The molecule has 2 fully saturated rings. The van der Waals surface area contributed by atoms with Gasteiger partial charge in [-0.2, -0.15) is 0 Å². The fraction of sp³-hybridized carbons (Fsp3) is 0.500. The molecule has 2 aromatic rings. The molecule has 0 spiro atoms. The van der Waals surface area contributed by atoms with Crippen LogP contribution in [0.5, 0.6) is 6.01 Å². The third kappa shape index (κ3) is 2.86. The summed E-state index contributed by atoms with van der Waals surface area (Å²) in [5.41, 5.74) is 2.21. The number of rotatable bonds is 4. The summed E-state index contributed by atoms with van der Waals surface area (Å²) in [7, 11) is 0. The molecule has 6 heteroatoms. The summed E-state index contributed by atoms with van der Waals surface area (Å²) in [6, 6.07) is 2.58. The second-order valence-electron chi connectivity index (χ2n) is 6.09. The van der Waals surface area contributed by atoms with Crippen LogP contribution in [0.1, 0.15) is 36.4 Å². The van der Waals surface area contributed by atoms with E-state index in [0.717, 1.165) is 30.9 Å². The van der Waals surface area contributed by atoms with Crippen molar-refractivity contribution < 1.29 is 4.74 Å². The van der Waals surface area contributed by atoms with Crippen molar-refractivity contribution >= 4 is 5.82 Å². The van der Waals surface area contributed by atoms with Crippen molar-refractivity contribution in [2.45, 2.75) is 38.2 Å². The Morgan fingerprint density at radius 2 is 1.91 bits per heavy atom. The van der Waals surface area contributed by atoms with E-state index in [0.29, 0.717) is 11.9 Å². The maximum Gasteiger partial charge on any atom is 0.316 e. The van der Waals surface area contributed by atoms with Gasteiger partial charge < -0.3 is 9.64 Å². The zero-order valence-corrected chi connectivity index (χ0v) is 12.6. The van der Waals surface area contributed by atoms with Crippen molar-refractivity contribution in [2.24, 2.45) is 0 Å². The SMILES string of the molecule is Cc1cnc(OC2CCN(c3cc(C4CC4)ncn3)C2)nc1. The van der Waals surface area contributed by atoms with Crippen LogP contribution in [0.25, 0.3) is 0 Å². The molecule has 2 aliphatic rings. The molecule has 6 nitrogen and oxygen atoms in total. The fourth-order valence-corrected chi connectivity index (χ4v) is 2.76. The molecule has 4 rings (SSSR count). The minimum Gasteiger partial charge on any atom is -0.458 e.